The van der Waals surface area contributed by atoms with Crippen LogP contribution in [0.4, 0.5) is 10.5 Å². The molecule has 1 heterocycles. The van der Waals surface area contributed by atoms with Gasteiger partial charge in [0.2, 0.25) is 0 Å². The van der Waals surface area contributed by atoms with Crippen molar-refractivity contribution in [2.24, 2.45) is 0 Å². The minimum Gasteiger partial charge on any atom is -0.465 e. The lowest BCUT2D eigenvalue weighted by Gasteiger charge is -2.35. The van der Waals surface area contributed by atoms with Gasteiger partial charge in [0.25, 0.3) is 0 Å². The number of anilines is 1. The second-order valence-electron chi connectivity index (χ2n) is 10.2. The van der Waals surface area contributed by atoms with E-state index in [9.17, 15) is 9.90 Å². The minimum atomic E-state index is -1.02. The fourth-order valence-corrected chi connectivity index (χ4v) is 3.45. The van der Waals surface area contributed by atoms with Crippen molar-refractivity contribution in [2.75, 3.05) is 18.8 Å². The lowest BCUT2D eigenvalue weighted by molar-refractivity contribution is -0.117. The summed E-state index contributed by atoms with van der Waals surface area (Å²) in [4.78, 5) is 13.4. The molecule has 0 bridgehead atoms. The summed E-state index contributed by atoms with van der Waals surface area (Å²) >= 11 is 0. The highest BCUT2D eigenvalue weighted by molar-refractivity contribution is 6.62. The first-order chi connectivity index (χ1) is 13.5. The smallest absolute Gasteiger partial charge is 0.465 e. The molecule has 30 heavy (non-hydrogen) atoms. The molecule has 1 aromatic carbocycles. The average molecular weight is 421 g/mol. The first kappa shape index (κ1) is 24.7. The van der Waals surface area contributed by atoms with Crippen molar-refractivity contribution in [1.29, 1.82) is 0 Å². The monoisotopic (exact) mass is 421 g/mol. The zero-order valence-corrected chi connectivity index (χ0v) is 20.0. The molecule has 1 aromatic rings. The summed E-state index contributed by atoms with van der Waals surface area (Å²) in [7, 11) is 0.963. The van der Waals surface area contributed by atoms with Crippen LogP contribution in [0.1, 0.15) is 67.9 Å². The van der Waals surface area contributed by atoms with E-state index >= 15 is 0 Å². The Labute approximate surface area is 180 Å². The largest absolute Gasteiger partial charge is 0.495 e. The van der Waals surface area contributed by atoms with Crippen LogP contribution < -0.4 is 10.4 Å². The van der Waals surface area contributed by atoms with Crippen LogP contribution >= 0.6 is 0 Å². The number of ether oxygens (including phenoxy) is 2. The van der Waals surface area contributed by atoms with E-state index in [-0.39, 0.29) is 6.79 Å². The van der Waals surface area contributed by atoms with Gasteiger partial charge >= 0.3 is 13.2 Å². The van der Waals surface area contributed by atoms with E-state index in [4.69, 9.17) is 18.8 Å². The summed E-state index contributed by atoms with van der Waals surface area (Å²) in [5, 5.41) is 9.84. The number of rotatable bonds is 6. The third kappa shape index (κ3) is 4.83. The molecule has 1 aliphatic rings. The fourth-order valence-electron chi connectivity index (χ4n) is 3.45. The summed E-state index contributed by atoms with van der Waals surface area (Å²) in [6.07, 6.45) is -1.02. The molecule has 1 saturated heterocycles. The molecule has 0 saturated carbocycles. The maximum Gasteiger partial charge on any atom is 0.495 e. The predicted molar refractivity (Wildman–Crippen MR) is 118 cm³/mol. The fraction of sp³-hybridized carbons (Fsp3) is 0.682. The number of methoxy groups -OCH3 is 1. The van der Waals surface area contributed by atoms with E-state index < -0.39 is 35.6 Å². The molecule has 8 heteroatoms. The second kappa shape index (κ2) is 8.15. The van der Waals surface area contributed by atoms with Crippen molar-refractivity contribution in [3.05, 3.63) is 23.8 Å². The van der Waals surface area contributed by atoms with Crippen molar-refractivity contribution >= 4 is 24.4 Å². The SMILES string of the molecule is COCOC(C)(C)c1cc(N(C(=O)O)C(C)(C)C)ccc1B1OC(C)(C)C(C)(C)O1. The van der Waals surface area contributed by atoms with E-state index in [0.717, 1.165) is 11.0 Å². The van der Waals surface area contributed by atoms with Crippen LogP contribution in [0.25, 0.3) is 0 Å². The molecule has 0 aliphatic carbocycles. The Hall–Kier alpha value is -1.61. The highest BCUT2D eigenvalue weighted by Gasteiger charge is 2.53. The molecule has 0 unspecified atom stereocenters. The molecule has 1 aliphatic heterocycles. The highest BCUT2D eigenvalue weighted by atomic mass is 16.7. The summed E-state index contributed by atoms with van der Waals surface area (Å²) in [6.45, 7) is 17.5. The topological polar surface area (TPSA) is 77.5 Å². The summed E-state index contributed by atoms with van der Waals surface area (Å²) in [5.74, 6) is 0. The Morgan fingerprint density at radius 3 is 2.07 bits per heavy atom. The van der Waals surface area contributed by atoms with Gasteiger partial charge in [-0.15, -0.1) is 0 Å². The molecular formula is C22H36BNO6. The van der Waals surface area contributed by atoms with Crippen LogP contribution in [0.3, 0.4) is 0 Å². The molecule has 0 spiro atoms. The quantitative estimate of drug-likeness (QED) is 0.550. The standard InChI is InChI=1S/C22H36BNO6/c1-19(2,3)24(18(25)26)15-11-12-17(16(13-15)20(4,5)28-14-27-10)23-29-21(6,7)22(8,9)30-23/h11-13H,14H2,1-10H3,(H,25,26). The number of hydrogen-bond acceptors (Lipinski definition) is 5. The maximum atomic E-state index is 12.0. The van der Waals surface area contributed by atoms with Crippen molar-refractivity contribution in [3.63, 3.8) is 0 Å². The third-order valence-electron chi connectivity index (χ3n) is 5.85. The van der Waals surface area contributed by atoms with Crippen LogP contribution in [-0.4, -0.2) is 49.0 Å². The Balaban J connectivity index is 2.62. The van der Waals surface area contributed by atoms with Crippen molar-refractivity contribution in [3.8, 4) is 0 Å². The van der Waals surface area contributed by atoms with E-state index in [0.29, 0.717) is 5.69 Å². The van der Waals surface area contributed by atoms with Gasteiger partial charge in [-0.25, -0.2) is 4.79 Å². The van der Waals surface area contributed by atoms with Crippen LogP contribution in [0.2, 0.25) is 0 Å². The number of amides is 1. The Morgan fingerprint density at radius 1 is 1.10 bits per heavy atom. The number of nitrogens with zero attached hydrogens (tertiary/aromatic N) is 1. The van der Waals surface area contributed by atoms with E-state index in [1.807, 2.05) is 74.4 Å². The number of carboxylic acid groups (broad SMARTS) is 1. The molecule has 0 atom stereocenters. The highest BCUT2D eigenvalue weighted by Crippen LogP contribution is 2.38. The lowest BCUT2D eigenvalue weighted by atomic mass is 9.72. The van der Waals surface area contributed by atoms with Crippen LogP contribution in [0.5, 0.6) is 0 Å². The Bertz CT molecular complexity index is 768. The van der Waals surface area contributed by atoms with Gasteiger partial charge in [-0.1, -0.05) is 6.07 Å². The number of hydrogen-bond donors (Lipinski definition) is 1. The molecular weight excluding hydrogens is 385 g/mol. The van der Waals surface area contributed by atoms with Gasteiger partial charge < -0.3 is 23.9 Å². The summed E-state index contributed by atoms with van der Waals surface area (Å²) < 4.78 is 23.6. The average Bonchev–Trinajstić information content (AvgIpc) is 2.79. The number of benzene rings is 1. The van der Waals surface area contributed by atoms with Gasteiger partial charge in [0.15, 0.2) is 0 Å². The number of carbonyl (C=O) groups is 1. The minimum absolute atomic E-state index is 0.0992. The first-order valence-electron chi connectivity index (χ1n) is 10.2. The zero-order chi connectivity index (χ0) is 23.1. The van der Waals surface area contributed by atoms with Crippen LogP contribution in [0.15, 0.2) is 18.2 Å². The first-order valence-corrected chi connectivity index (χ1v) is 10.2. The molecule has 0 radical (unpaired) electrons. The molecule has 0 aromatic heterocycles. The van der Waals surface area contributed by atoms with Gasteiger partial charge in [-0.2, -0.15) is 0 Å². The summed E-state index contributed by atoms with van der Waals surface area (Å²) in [5.41, 5.74) is -0.240. The zero-order valence-electron chi connectivity index (χ0n) is 20.0. The molecule has 1 amide bonds. The van der Waals surface area contributed by atoms with Gasteiger partial charge in [0.1, 0.15) is 6.79 Å². The second-order valence-corrected chi connectivity index (χ2v) is 10.2. The van der Waals surface area contributed by atoms with Crippen molar-refractivity contribution in [1.82, 2.24) is 0 Å². The van der Waals surface area contributed by atoms with Crippen LogP contribution in [0, 0.1) is 0 Å². The maximum absolute atomic E-state index is 12.0. The van der Waals surface area contributed by atoms with E-state index in [2.05, 4.69) is 0 Å². The van der Waals surface area contributed by atoms with Gasteiger partial charge in [0, 0.05) is 18.3 Å². The molecule has 1 N–H and O–H groups in total. The van der Waals surface area contributed by atoms with E-state index in [1.165, 1.54) is 4.90 Å². The molecule has 1 fully saturated rings. The normalized spacial score (nSPS) is 18.5. The lowest BCUT2D eigenvalue weighted by Crippen LogP contribution is -2.46. The molecule has 168 valence electrons. The molecule has 7 nitrogen and oxygen atoms in total. The van der Waals surface area contributed by atoms with Crippen LogP contribution in [-0.2, 0) is 24.4 Å². The van der Waals surface area contributed by atoms with Gasteiger partial charge in [-0.3, -0.25) is 4.90 Å². The Morgan fingerprint density at radius 2 is 1.63 bits per heavy atom. The van der Waals surface area contributed by atoms with Crippen molar-refractivity contribution in [2.45, 2.75) is 84.7 Å². The molecule has 2 rings (SSSR count). The third-order valence-corrected chi connectivity index (χ3v) is 5.85. The van der Waals surface area contributed by atoms with E-state index in [1.54, 1.807) is 13.2 Å². The van der Waals surface area contributed by atoms with Gasteiger partial charge in [-0.05, 0) is 85.5 Å². The predicted octanol–water partition coefficient (Wildman–Crippen LogP) is 4.12. The van der Waals surface area contributed by atoms with Gasteiger partial charge in [0.05, 0.1) is 16.8 Å². The Kier molecular flexibility index (Phi) is 6.70. The summed E-state index contributed by atoms with van der Waals surface area (Å²) in [6, 6.07) is 5.50. The van der Waals surface area contributed by atoms with Crippen molar-refractivity contribution < 1.29 is 28.7 Å².